The number of anilines is 1. The Morgan fingerprint density at radius 2 is 1.71 bits per heavy atom. The van der Waals surface area contributed by atoms with Gasteiger partial charge >= 0.3 is 5.69 Å². The van der Waals surface area contributed by atoms with Crippen molar-refractivity contribution < 1.29 is 17.1 Å². The van der Waals surface area contributed by atoms with Crippen LogP contribution >= 0.6 is 11.6 Å². The highest BCUT2D eigenvalue weighted by Crippen LogP contribution is 2.25. The number of halogens is 2. The fraction of sp³-hybridized carbons (Fsp3) is 0.0952. The first kappa shape index (κ1) is 19.9. The molecule has 3 aromatic carbocycles. The van der Waals surface area contributed by atoms with E-state index in [0.29, 0.717) is 18.2 Å². The maximum atomic E-state index is 11.4. The molecule has 0 bridgehead atoms. The average molecular weight is 415 g/mol. The molecule has 5 nitrogen and oxygen atoms in total. The van der Waals surface area contributed by atoms with Crippen LogP contribution in [0.4, 0.5) is 5.69 Å². The summed E-state index contributed by atoms with van der Waals surface area (Å²) in [6.07, 6.45) is 0. The second-order valence-corrected chi connectivity index (χ2v) is 6.66. The van der Waals surface area contributed by atoms with Crippen LogP contribution in [-0.2, 0) is 13.2 Å². The summed E-state index contributed by atoms with van der Waals surface area (Å²) in [5.74, 6) is 0.784. The fourth-order valence-corrected chi connectivity index (χ4v) is 3.10. The Morgan fingerprint density at radius 1 is 0.929 bits per heavy atom. The monoisotopic (exact) mass is 414 g/mol. The molecular formula is C21H18Cl2N3O2-. The quantitative estimate of drug-likeness (QED) is 0.449. The topological polar surface area (TPSA) is 69.9 Å². The lowest BCUT2D eigenvalue weighted by atomic mass is 10.2. The van der Waals surface area contributed by atoms with Crippen LogP contribution in [0.15, 0.2) is 71.5 Å². The minimum Gasteiger partial charge on any atom is -1.00 e. The van der Waals surface area contributed by atoms with Crippen molar-refractivity contribution in [3.8, 4) is 5.75 Å². The fourth-order valence-electron chi connectivity index (χ4n) is 2.90. The second kappa shape index (κ2) is 8.87. The van der Waals surface area contributed by atoms with Crippen LogP contribution < -0.4 is 28.2 Å². The van der Waals surface area contributed by atoms with Gasteiger partial charge in [0.05, 0.1) is 11.0 Å². The molecule has 28 heavy (non-hydrogen) atoms. The lowest BCUT2D eigenvalue weighted by molar-refractivity contribution is -0.00000577. The predicted molar refractivity (Wildman–Crippen MR) is 108 cm³/mol. The largest absolute Gasteiger partial charge is 1.00 e. The summed E-state index contributed by atoms with van der Waals surface area (Å²) in [6.45, 7) is 1.04. The number of fused-ring (bicyclic) bond motifs is 1. The van der Waals surface area contributed by atoms with Gasteiger partial charge in [0.1, 0.15) is 12.4 Å². The Balaban J connectivity index is 0.00000225. The Labute approximate surface area is 173 Å². The van der Waals surface area contributed by atoms with E-state index < -0.39 is 0 Å². The molecule has 0 radical (unpaired) electrons. The van der Waals surface area contributed by atoms with Crippen LogP contribution in [0.2, 0.25) is 5.02 Å². The number of H-pyrrole nitrogens is 2. The lowest BCUT2D eigenvalue weighted by Gasteiger charge is -2.13. The van der Waals surface area contributed by atoms with Crippen LogP contribution in [0.25, 0.3) is 11.0 Å². The number of hydrogen-bond donors (Lipinski definition) is 3. The summed E-state index contributed by atoms with van der Waals surface area (Å²) in [5.41, 5.74) is 4.28. The number of aromatic nitrogens is 2. The Kier molecular flexibility index (Phi) is 6.29. The van der Waals surface area contributed by atoms with Crippen molar-refractivity contribution >= 4 is 28.3 Å². The molecule has 0 aliphatic rings. The molecule has 7 heteroatoms. The van der Waals surface area contributed by atoms with Gasteiger partial charge in [0, 0.05) is 22.8 Å². The molecule has 1 heterocycles. The number of imidazole rings is 1. The van der Waals surface area contributed by atoms with Crippen molar-refractivity contribution in [3.63, 3.8) is 0 Å². The van der Waals surface area contributed by atoms with E-state index in [1.54, 1.807) is 0 Å². The minimum atomic E-state index is -0.214. The zero-order valence-corrected chi connectivity index (χ0v) is 16.3. The normalized spacial score (nSPS) is 10.5. The maximum absolute atomic E-state index is 11.4. The number of aromatic amines is 2. The summed E-state index contributed by atoms with van der Waals surface area (Å²) in [6, 6.07) is 21.3. The van der Waals surface area contributed by atoms with E-state index in [0.717, 1.165) is 33.6 Å². The van der Waals surface area contributed by atoms with Gasteiger partial charge in [0.2, 0.25) is 0 Å². The van der Waals surface area contributed by atoms with Crippen molar-refractivity contribution in [2.45, 2.75) is 13.2 Å². The first-order valence-electron chi connectivity index (χ1n) is 8.58. The molecule has 4 aromatic rings. The van der Waals surface area contributed by atoms with E-state index in [9.17, 15) is 4.79 Å². The maximum Gasteiger partial charge on any atom is 0.323 e. The van der Waals surface area contributed by atoms with Crippen molar-refractivity contribution in [1.82, 2.24) is 9.97 Å². The minimum absolute atomic E-state index is 0. The highest BCUT2D eigenvalue weighted by molar-refractivity contribution is 6.30. The van der Waals surface area contributed by atoms with E-state index >= 15 is 0 Å². The standard InChI is InChI=1S/C21H18ClN3O2.ClH/c22-16-6-9-20(27-13-14-4-2-1-3-5-14)15(10-16)12-23-17-7-8-18-19(11-17)25-21(26)24-18;/h1-11,23H,12-13H2,(H2,24,25,26);1H/p-1. The number of benzene rings is 3. The highest BCUT2D eigenvalue weighted by Gasteiger charge is 2.07. The molecule has 4 rings (SSSR count). The van der Waals surface area contributed by atoms with Gasteiger partial charge in [-0.05, 0) is 42.0 Å². The number of rotatable bonds is 6. The summed E-state index contributed by atoms with van der Waals surface area (Å²) in [5, 5.41) is 4.01. The average Bonchev–Trinajstić information content (AvgIpc) is 3.05. The molecule has 3 N–H and O–H groups in total. The third-order valence-corrected chi connectivity index (χ3v) is 4.49. The van der Waals surface area contributed by atoms with Crippen LogP contribution in [0.1, 0.15) is 11.1 Å². The van der Waals surface area contributed by atoms with Crippen molar-refractivity contribution in [2.24, 2.45) is 0 Å². The summed E-state index contributed by atoms with van der Waals surface area (Å²) < 4.78 is 5.99. The Hall–Kier alpha value is -2.89. The van der Waals surface area contributed by atoms with Gasteiger partial charge in [0.25, 0.3) is 0 Å². The van der Waals surface area contributed by atoms with Crippen molar-refractivity contribution in [3.05, 3.63) is 93.4 Å². The predicted octanol–water partition coefficient (Wildman–Crippen LogP) is 1.70. The molecule has 144 valence electrons. The number of nitrogens with one attached hydrogen (secondary N) is 3. The molecule has 0 atom stereocenters. The van der Waals surface area contributed by atoms with E-state index in [4.69, 9.17) is 16.3 Å². The summed E-state index contributed by atoms with van der Waals surface area (Å²) in [7, 11) is 0. The van der Waals surface area contributed by atoms with Crippen molar-refractivity contribution in [1.29, 1.82) is 0 Å². The van der Waals surface area contributed by atoms with Gasteiger partial charge in [-0.25, -0.2) is 4.79 Å². The SMILES string of the molecule is O=c1[nH]c2ccc(NCc3cc(Cl)ccc3OCc3ccccc3)cc2[nH]1.[Cl-]. The van der Waals surface area contributed by atoms with Crippen LogP contribution in [0, 0.1) is 0 Å². The van der Waals surface area contributed by atoms with Gasteiger partial charge in [-0.3, -0.25) is 0 Å². The first-order chi connectivity index (χ1) is 13.2. The van der Waals surface area contributed by atoms with E-state index in [2.05, 4.69) is 15.3 Å². The zero-order chi connectivity index (χ0) is 18.6. The van der Waals surface area contributed by atoms with Gasteiger partial charge in [-0.15, -0.1) is 0 Å². The van der Waals surface area contributed by atoms with Crippen LogP contribution in [-0.4, -0.2) is 9.97 Å². The molecule has 0 saturated heterocycles. The smallest absolute Gasteiger partial charge is 0.323 e. The van der Waals surface area contributed by atoms with Gasteiger partial charge < -0.3 is 32.4 Å². The van der Waals surface area contributed by atoms with Crippen LogP contribution in [0.3, 0.4) is 0 Å². The molecule has 0 saturated carbocycles. The Morgan fingerprint density at radius 3 is 2.54 bits per heavy atom. The molecule has 0 fully saturated rings. The number of hydrogen-bond acceptors (Lipinski definition) is 3. The molecule has 0 amide bonds. The van der Waals surface area contributed by atoms with Crippen molar-refractivity contribution in [2.75, 3.05) is 5.32 Å². The molecule has 0 unspecified atom stereocenters. The summed E-state index contributed by atoms with van der Waals surface area (Å²) in [4.78, 5) is 16.9. The van der Waals surface area contributed by atoms with E-state index in [1.807, 2.05) is 66.7 Å². The highest BCUT2D eigenvalue weighted by atomic mass is 35.5. The van der Waals surface area contributed by atoms with Gasteiger partial charge in [0.15, 0.2) is 0 Å². The second-order valence-electron chi connectivity index (χ2n) is 6.22. The van der Waals surface area contributed by atoms with Crippen LogP contribution in [0.5, 0.6) is 5.75 Å². The number of ether oxygens (including phenoxy) is 1. The van der Waals surface area contributed by atoms with Gasteiger partial charge in [-0.2, -0.15) is 0 Å². The van der Waals surface area contributed by atoms with Gasteiger partial charge in [-0.1, -0.05) is 41.9 Å². The molecule has 0 aliphatic heterocycles. The lowest BCUT2D eigenvalue weighted by Crippen LogP contribution is -3.00. The summed E-state index contributed by atoms with van der Waals surface area (Å²) >= 11 is 6.17. The molecule has 1 aromatic heterocycles. The molecular weight excluding hydrogens is 397 g/mol. The zero-order valence-electron chi connectivity index (χ0n) is 14.8. The van der Waals surface area contributed by atoms with E-state index in [1.165, 1.54) is 0 Å². The Bertz CT molecular complexity index is 1120. The van der Waals surface area contributed by atoms with E-state index in [-0.39, 0.29) is 18.1 Å². The first-order valence-corrected chi connectivity index (χ1v) is 8.96. The molecule has 0 aliphatic carbocycles. The third kappa shape index (κ3) is 4.68. The third-order valence-electron chi connectivity index (χ3n) is 4.26. The molecule has 0 spiro atoms.